The van der Waals surface area contributed by atoms with E-state index in [1.165, 1.54) is 4.31 Å². The van der Waals surface area contributed by atoms with Crippen molar-refractivity contribution in [1.82, 2.24) is 29.1 Å². The Morgan fingerprint density at radius 1 is 1.05 bits per heavy atom. The van der Waals surface area contributed by atoms with Crippen LogP contribution < -0.4 is 15.6 Å². The predicted octanol–water partition coefficient (Wildman–Crippen LogP) is 3.28. The molecule has 0 atom stereocenters. The third-order valence-corrected chi connectivity index (χ3v) is 8.99. The molecule has 44 heavy (non-hydrogen) atoms. The molecule has 0 radical (unpaired) electrons. The van der Waals surface area contributed by atoms with Gasteiger partial charge < -0.3 is 14.6 Å². The highest BCUT2D eigenvalue weighted by atomic mass is 32.2. The number of hydrogen-bond donors (Lipinski definition) is 2. The van der Waals surface area contributed by atoms with Crippen LogP contribution in [-0.2, 0) is 26.0 Å². The van der Waals surface area contributed by atoms with E-state index in [1.807, 2.05) is 25.1 Å². The van der Waals surface area contributed by atoms with Crippen molar-refractivity contribution >= 4 is 50.4 Å². The minimum atomic E-state index is -3.68. The largest absolute Gasteiger partial charge is 0.379 e. The van der Waals surface area contributed by atoms with E-state index in [9.17, 15) is 13.2 Å². The first-order chi connectivity index (χ1) is 21.2. The van der Waals surface area contributed by atoms with E-state index in [1.54, 1.807) is 66.3 Å². The molecule has 0 spiro atoms. The molecular weight excluding hydrogens is 586 g/mol. The quantitative estimate of drug-likeness (QED) is 0.250. The number of morpholine rings is 1. The Hall–Kier alpha value is -4.86. The Morgan fingerprint density at radius 3 is 2.61 bits per heavy atom. The zero-order valence-corrected chi connectivity index (χ0v) is 25.2. The standard InChI is InChI=1S/C29H31N9O5S/c1-19-6-4-9-24-27(19)34-29(33-26(39)18-22-16-20(2)35-43-22)38(24)36(3)25-10-11-30-28(32-25)31-21-7-5-8-23(17-21)44(40,41)37-12-14-42-15-13-37/h4-11,16-17H,12-15,18H2,1-3H3,(H,30,31,32)(H,33,34,39). The molecule has 14 nitrogen and oxygen atoms in total. The molecular formula is C29H31N9O5S. The number of nitrogens with zero attached hydrogens (tertiary/aromatic N) is 7. The zero-order valence-electron chi connectivity index (χ0n) is 24.4. The van der Waals surface area contributed by atoms with Gasteiger partial charge in [-0.05, 0) is 43.7 Å². The number of nitrogens with one attached hydrogen (secondary N) is 2. The second-order valence-electron chi connectivity index (χ2n) is 10.3. The molecule has 1 saturated heterocycles. The third kappa shape index (κ3) is 5.97. The Kier molecular flexibility index (Phi) is 7.99. The first-order valence-electron chi connectivity index (χ1n) is 13.9. The van der Waals surface area contributed by atoms with Gasteiger partial charge in [-0.1, -0.05) is 23.4 Å². The number of sulfonamides is 1. The molecule has 15 heteroatoms. The van der Waals surface area contributed by atoms with E-state index in [0.717, 1.165) is 16.6 Å². The van der Waals surface area contributed by atoms with Crippen LogP contribution in [0.2, 0.25) is 0 Å². The van der Waals surface area contributed by atoms with Crippen LogP contribution in [0.5, 0.6) is 0 Å². The molecule has 0 aliphatic carbocycles. The maximum absolute atomic E-state index is 13.2. The second kappa shape index (κ2) is 12.0. The molecule has 6 rings (SSSR count). The number of carbonyl (C=O) groups is 1. The van der Waals surface area contributed by atoms with Gasteiger partial charge in [0.2, 0.25) is 27.8 Å². The number of hydrogen-bond acceptors (Lipinski definition) is 11. The van der Waals surface area contributed by atoms with Crippen molar-refractivity contribution in [2.24, 2.45) is 0 Å². The Balaban J connectivity index is 1.27. The lowest BCUT2D eigenvalue weighted by Crippen LogP contribution is -2.40. The van der Waals surface area contributed by atoms with Crippen LogP contribution in [0.25, 0.3) is 11.0 Å². The van der Waals surface area contributed by atoms with Crippen molar-refractivity contribution in [1.29, 1.82) is 0 Å². The van der Waals surface area contributed by atoms with Gasteiger partial charge in [0.25, 0.3) is 0 Å². The number of aromatic nitrogens is 5. The number of para-hydroxylation sites is 1. The van der Waals surface area contributed by atoms with Gasteiger partial charge in [0.1, 0.15) is 5.76 Å². The topological polar surface area (TPSA) is 161 Å². The number of aryl methyl sites for hydroxylation is 2. The lowest BCUT2D eigenvalue weighted by Gasteiger charge is -2.26. The molecule has 1 aliphatic rings. The van der Waals surface area contributed by atoms with Crippen LogP contribution in [0.15, 0.2) is 70.2 Å². The number of ether oxygens (including phenoxy) is 1. The van der Waals surface area contributed by atoms with E-state index < -0.39 is 10.0 Å². The highest BCUT2D eigenvalue weighted by Gasteiger charge is 2.26. The molecule has 1 fully saturated rings. The second-order valence-corrected chi connectivity index (χ2v) is 12.2. The maximum Gasteiger partial charge on any atom is 0.243 e. The summed E-state index contributed by atoms with van der Waals surface area (Å²) in [5.41, 5.74) is 3.61. The van der Waals surface area contributed by atoms with Crippen molar-refractivity contribution in [3.63, 3.8) is 0 Å². The van der Waals surface area contributed by atoms with E-state index in [2.05, 4.69) is 25.8 Å². The van der Waals surface area contributed by atoms with Gasteiger partial charge in [-0.25, -0.2) is 23.1 Å². The van der Waals surface area contributed by atoms with Gasteiger partial charge in [0.05, 0.1) is 41.3 Å². The van der Waals surface area contributed by atoms with Crippen LogP contribution in [0.3, 0.4) is 0 Å². The fourth-order valence-corrected chi connectivity index (χ4v) is 6.38. The van der Waals surface area contributed by atoms with E-state index in [0.29, 0.717) is 55.2 Å². The summed E-state index contributed by atoms with van der Waals surface area (Å²) < 4.78 is 40.0. The maximum atomic E-state index is 13.2. The lowest BCUT2D eigenvalue weighted by molar-refractivity contribution is -0.115. The first kappa shape index (κ1) is 29.2. The zero-order chi connectivity index (χ0) is 30.8. The van der Waals surface area contributed by atoms with Gasteiger partial charge in [-0.3, -0.25) is 15.1 Å². The summed E-state index contributed by atoms with van der Waals surface area (Å²) in [6.45, 7) is 5.08. The molecule has 1 amide bonds. The van der Waals surface area contributed by atoms with Crippen LogP contribution in [0.4, 0.5) is 23.4 Å². The number of fused-ring (bicyclic) bond motifs is 1. The summed E-state index contributed by atoms with van der Waals surface area (Å²) in [6.07, 6.45) is 1.58. The Labute approximate surface area is 253 Å². The molecule has 228 valence electrons. The van der Waals surface area contributed by atoms with Crippen LogP contribution in [-0.4, -0.2) is 76.8 Å². The molecule has 0 saturated carbocycles. The van der Waals surface area contributed by atoms with Gasteiger partial charge >= 0.3 is 0 Å². The number of carbonyl (C=O) groups excluding carboxylic acids is 1. The summed E-state index contributed by atoms with van der Waals surface area (Å²) in [5.74, 6) is 1.16. The van der Waals surface area contributed by atoms with Crippen LogP contribution in [0.1, 0.15) is 17.0 Å². The van der Waals surface area contributed by atoms with Gasteiger partial charge in [0.15, 0.2) is 5.82 Å². The third-order valence-electron chi connectivity index (χ3n) is 7.10. The van der Waals surface area contributed by atoms with E-state index in [4.69, 9.17) is 14.2 Å². The molecule has 2 N–H and O–H groups in total. The van der Waals surface area contributed by atoms with Crippen molar-refractivity contribution in [2.75, 3.05) is 49.0 Å². The highest BCUT2D eigenvalue weighted by molar-refractivity contribution is 7.89. The fourth-order valence-electron chi connectivity index (χ4n) is 4.93. The number of amides is 1. The van der Waals surface area contributed by atoms with Crippen LogP contribution >= 0.6 is 0 Å². The smallest absolute Gasteiger partial charge is 0.243 e. The molecule has 5 aromatic rings. The number of rotatable bonds is 9. The lowest BCUT2D eigenvalue weighted by atomic mass is 10.2. The number of benzene rings is 2. The molecule has 4 heterocycles. The van der Waals surface area contributed by atoms with Crippen LogP contribution in [0, 0.1) is 13.8 Å². The first-order valence-corrected chi connectivity index (χ1v) is 15.4. The highest BCUT2D eigenvalue weighted by Crippen LogP contribution is 2.27. The molecule has 0 bridgehead atoms. The monoisotopic (exact) mass is 617 g/mol. The van der Waals surface area contributed by atoms with Crippen molar-refractivity contribution in [3.8, 4) is 0 Å². The van der Waals surface area contributed by atoms with E-state index >= 15 is 0 Å². The number of imidazole rings is 1. The average Bonchev–Trinajstić information content (AvgIpc) is 3.60. The summed E-state index contributed by atoms with van der Waals surface area (Å²) in [5, 5.41) is 11.6. The SMILES string of the molecule is Cc1cc(CC(=O)Nc2nc3c(C)cccc3n2N(C)c2ccnc(Nc3cccc(S(=O)(=O)N4CCOCC4)c3)n2)on1. The van der Waals surface area contributed by atoms with Gasteiger partial charge in [-0.2, -0.15) is 9.29 Å². The van der Waals surface area contributed by atoms with Crippen molar-refractivity contribution in [3.05, 3.63) is 77.8 Å². The molecule has 2 aromatic carbocycles. The summed E-state index contributed by atoms with van der Waals surface area (Å²) >= 11 is 0. The Bertz CT molecular complexity index is 1930. The summed E-state index contributed by atoms with van der Waals surface area (Å²) in [4.78, 5) is 26.9. The van der Waals surface area contributed by atoms with E-state index in [-0.39, 0.29) is 23.2 Å². The predicted molar refractivity (Wildman–Crippen MR) is 163 cm³/mol. The minimum Gasteiger partial charge on any atom is -0.379 e. The number of anilines is 4. The fraction of sp³-hybridized carbons (Fsp3) is 0.276. The van der Waals surface area contributed by atoms with Crippen molar-refractivity contribution < 1.29 is 22.5 Å². The minimum absolute atomic E-state index is 0.00532. The molecule has 0 unspecified atom stereocenters. The average molecular weight is 618 g/mol. The van der Waals surface area contributed by atoms with Crippen molar-refractivity contribution in [2.45, 2.75) is 25.2 Å². The summed E-state index contributed by atoms with van der Waals surface area (Å²) in [7, 11) is -1.88. The molecule has 3 aromatic heterocycles. The summed E-state index contributed by atoms with van der Waals surface area (Å²) in [6, 6.07) is 15.7. The van der Waals surface area contributed by atoms with Gasteiger partial charge in [0, 0.05) is 44.2 Å². The molecule has 1 aliphatic heterocycles. The van der Waals surface area contributed by atoms with Gasteiger partial charge in [-0.15, -0.1) is 0 Å². The Morgan fingerprint density at radius 2 is 1.84 bits per heavy atom. The normalized spacial score (nSPS) is 14.1.